The maximum atomic E-state index is 12.1. The summed E-state index contributed by atoms with van der Waals surface area (Å²) in [7, 11) is 0. The monoisotopic (exact) mass is 334 g/mol. The number of aliphatic carboxylic acids is 1. The van der Waals surface area contributed by atoms with Gasteiger partial charge in [-0.15, -0.1) is 5.10 Å². The lowest BCUT2D eigenvalue weighted by Gasteiger charge is -2.21. The third kappa shape index (κ3) is 4.14. The second-order valence-electron chi connectivity index (χ2n) is 4.95. The van der Waals surface area contributed by atoms with Gasteiger partial charge in [-0.2, -0.15) is 0 Å². The maximum absolute atomic E-state index is 12.1. The first-order chi connectivity index (χ1) is 11.4. The molecule has 0 spiro atoms. The normalized spacial score (nSPS) is 13.0. The van der Waals surface area contributed by atoms with E-state index in [1.54, 1.807) is 30.3 Å². The van der Waals surface area contributed by atoms with E-state index in [0.717, 1.165) is 6.07 Å². The smallest absolute Gasteiger partial charge is 0.343 e. The van der Waals surface area contributed by atoms with Crippen LogP contribution in [0, 0.1) is 10.1 Å². The Morgan fingerprint density at radius 3 is 2.54 bits per heavy atom. The molecule has 1 aromatic carbocycles. The SMILES string of the molecule is O=C(N[C@H](Cc1ccccc1)[C@@H](O)C(=O)O)c1cc([N+](=O)[O-])[nH]n1. The molecule has 4 N–H and O–H groups in total. The Kier molecular flexibility index (Phi) is 5.22. The Bertz CT molecular complexity index is 745. The van der Waals surface area contributed by atoms with Gasteiger partial charge in [-0.05, 0) is 16.9 Å². The van der Waals surface area contributed by atoms with Crippen molar-refractivity contribution < 1.29 is 24.7 Å². The van der Waals surface area contributed by atoms with E-state index in [4.69, 9.17) is 5.11 Å². The van der Waals surface area contributed by atoms with E-state index in [-0.39, 0.29) is 12.1 Å². The van der Waals surface area contributed by atoms with Crippen LogP contribution in [0.4, 0.5) is 5.82 Å². The molecule has 0 unspecified atom stereocenters. The highest BCUT2D eigenvalue weighted by Gasteiger charge is 2.29. The highest BCUT2D eigenvalue weighted by atomic mass is 16.6. The quantitative estimate of drug-likeness (QED) is 0.413. The number of carbonyl (C=O) groups excluding carboxylic acids is 1. The number of carbonyl (C=O) groups is 2. The summed E-state index contributed by atoms with van der Waals surface area (Å²) in [5.41, 5.74) is 0.424. The minimum atomic E-state index is -1.84. The van der Waals surface area contributed by atoms with Gasteiger partial charge in [0.25, 0.3) is 5.91 Å². The fraction of sp³-hybridized carbons (Fsp3) is 0.214. The average Bonchev–Trinajstić information content (AvgIpc) is 3.04. The Hall–Kier alpha value is -3.27. The summed E-state index contributed by atoms with van der Waals surface area (Å²) in [4.78, 5) is 32.9. The summed E-state index contributed by atoms with van der Waals surface area (Å²) in [5, 5.41) is 37.3. The standard InChI is InChI=1S/C14H14N4O6/c19-12(14(21)22)9(6-8-4-2-1-3-5-8)15-13(20)10-7-11(17-16-10)18(23)24/h1-5,7,9,12,19H,6H2,(H,15,20)(H,16,17)(H,21,22)/t9-,12-/m1/s1. The summed E-state index contributed by atoms with van der Waals surface area (Å²) in [6.45, 7) is 0. The van der Waals surface area contributed by atoms with Crippen molar-refractivity contribution in [3.8, 4) is 0 Å². The van der Waals surface area contributed by atoms with Gasteiger partial charge < -0.3 is 25.6 Å². The lowest BCUT2D eigenvalue weighted by Crippen LogP contribution is -2.48. The van der Waals surface area contributed by atoms with Gasteiger partial charge in [0, 0.05) is 0 Å². The van der Waals surface area contributed by atoms with Gasteiger partial charge in [-0.1, -0.05) is 35.4 Å². The number of rotatable bonds is 7. The minimum absolute atomic E-state index is 0.0621. The molecule has 0 fully saturated rings. The van der Waals surface area contributed by atoms with Crippen LogP contribution in [0.5, 0.6) is 0 Å². The molecule has 2 atom stereocenters. The van der Waals surface area contributed by atoms with Crippen molar-refractivity contribution in [3.05, 3.63) is 57.8 Å². The van der Waals surface area contributed by atoms with E-state index in [9.17, 15) is 24.8 Å². The summed E-state index contributed by atoms with van der Waals surface area (Å²) in [5.74, 6) is -2.80. The van der Waals surface area contributed by atoms with Gasteiger partial charge >= 0.3 is 11.8 Å². The second-order valence-corrected chi connectivity index (χ2v) is 4.95. The molecular formula is C14H14N4O6. The van der Waals surface area contributed by atoms with Crippen molar-refractivity contribution >= 4 is 17.7 Å². The molecule has 1 aromatic heterocycles. The van der Waals surface area contributed by atoms with Gasteiger partial charge in [0.05, 0.1) is 12.1 Å². The highest BCUT2D eigenvalue weighted by molar-refractivity contribution is 5.93. The molecule has 1 amide bonds. The Morgan fingerprint density at radius 1 is 1.33 bits per heavy atom. The molecule has 0 aliphatic rings. The van der Waals surface area contributed by atoms with Gasteiger partial charge in [0.2, 0.25) is 0 Å². The minimum Gasteiger partial charge on any atom is -0.479 e. The molecule has 1 heterocycles. The number of benzene rings is 1. The van der Waals surface area contributed by atoms with E-state index in [1.165, 1.54) is 0 Å². The lowest BCUT2D eigenvalue weighted by atomic mass is 10.0. The molecular weight excluding hydrogens is 320 g/mol. The maximum Gasteiger partial charge on any atom is 0.343 e. The van der Waals surface area contributed by atoms with Crippen molar-refractivity contribution in [1.29, 1.82) is 0 Å². The fourth-order valence-electron chi connectivity index (χ4n) is 2.05. The number of amides is 1. The fourth-order valence-corrected chi connectivity index (χ4v) is 2.05. The first kappa shape index (κ1) is 17.1. The van der Waals surface area contributed by atoms with Crippen LogP contribution < -0.4 is 5.32 Å². The van der Waals surface area contributed by atoms with E-state index in [0.29, 0.717) is 5.56 Å². The number of aromatic nitrogens is 2. The van der Waals surface area contributed by atoms with Gasteiger partial charge in [-0.25, -0.2) is 4.79 Å². The van der Waals surface area contributed by atoms with Crippen LogP contribution in [-0.2, 0) is 11.2 Å². The molecule has 10 nitrogen and oxygen atoms in total. The van der Waals surface area contributed by atoms with Gasteiger partial charge in [0.1, 0.15) is 0 Å². The summed E-state index contributed by atoms with van der Waals surface area (Å²) in [6, 6.07) is 8.46. The molecule has 0 saturated carbocycles. The Morgan fingerprint density at radius 2 is 2.00 bits per heavy atom. The number of nitro groups is 1. The zero-order chi connectivity index (χ0) is 17.7. The Labute approximate surface area is 135 Å². The number of hydrogen-bond acceptors (Lipinski definition) is 6. The number of aromatic amines is 1. The van der Waals surface area contributed by atoms with Crippen LogP contribution in [0.1, 0.15) is 16.1 Å². The largest absolute Gasteiger partial charge is 0.479 e. The molecule has 0 aliphatic heterocycles. The molecule has 0 saturated heterocycles. The van der Waals surface area contributed by atoms with Crippen LogP contribution in [0.3, 0.4) is 0 Å². The number of aliphatic hydroxyl groups excluding tert-OH is 1. The zero-order valence-corrected chi connectivity index (χ0v) is 12.2. The third-order valence-corrected chi connectivity index (χ3v) is 3.24. The number of hydrogen-bond donors (Lipinski definition) is 4. The highest BCUT2D eigenvalue weighted by Crippen LogP contribution is 2.11. The van der Waals surface area contributed by atoms with Crippen molar-refractivity contribution in [2.24, 2.45) is 0 Å². The lowest BCUT2D eigenvalue weighted by molar-refractivity contribution is -0.389. The van der Waals surface area contributed by atoms with Crippen LogP contribution in [0.2, 0.25) is 0 Å². The second kappa shape index (κ2) is 7.33. The Balaban J connectivity index is 2.15. The molecule has 126 valence electrons. The van der Waals surface area contributed by atoms with Crippen molar-refractivity contribution in [3.63, 3.8) is 0 Å². The number of nitrogens with zero attached hydrogens (tertiary/aromatic N) is 2. The molecule has 0 aliphatic carbocycles. The van der Waals surface area contributed by atoms with E-state index >= 15 is 0 Å². The molecule has 0 radical (unpaired) electrons. The number of carboxylic acids is 1. The van der Waals surface area contributed by atoms with E-state index in [1.807, 2.05) is 0 Å². The number of carboxylic acid groups (broad SMARTS) is 1. The summed E-state index contributed by atoms with van der Waals surface area (Å²) < 4.78 is 0. The van der Waals surface area contributed by atoms with Crippen LogP contribution in [-0.4, -0.2) is 49.4 Å². The zero-order valence-electron chi connectivity index (χ0n) is 12.2. The molecule has 0 bridgehead atoms. The molecule has 24 heavy (non-hydrogen) atoms. The first-order valence-corrected chi connectivity index (χ1v) is 6.84. The van der Waals surface area contributed by atoms with E-state index < -0.39 is 34.8 Å². The van der Waals surface area contributed by atoms with Crippen molar-refractivity contribution in [2.75, 3.05) is 0 Å². The molecule has 10 heteroatoms. The number of H-pyrrole nitrogens is 1. The molecule has 2 aromatic rings. The number of aliphatic hydroxyl groups is 1. The number of nitrogens with one attached hydrogen (secondary N) is 2. The van der Waals surface area contributed by atoms with E-state index in [2.05, 4.69) is 15.5 Å². The third-order valence-electron chi connectivity index (χ3n) is 3.24. The summed E-state index contributed by atoms with van der Waals surface area (Å²) >= 11 is 0. The molecule has 2 rings (SSSR count). The summed E-state index contributed by atoms with van der Waals surface area (Å²) in [6.07, 6.45) is -1.78. The van der Waals surface area contributed by atoms with Crippen LogP contribution in [0.15, 0.2) is 36.4 Å². The van der Waals surface area contributed by atoms with Crippen molar-refractivity contribution in [2.45, 2.75) is 18.6 Å². The average molecular weight is 334 g/mol. The predicted molar refractivity (Wildman–Crippen MR) is 80.3 cm³/mol. The van der Waals surface area contributed by atoms with Crippen molar-refractivity contribution in [1.82, 2.24) is 15.5 Å². The van der Waals surface area contributed by atoms with Crippen LogP contribution in [0.25, 0.3) is 0 Å². The predicted octanol–water partition coefficient (Wildman–Crippen LogP) is 0.104. The van der Waals surface area contributed by atoms with Crippen LogP contribution >= 0.6 is 0 Å². The van der Waals surface area contributed by atoms with Gasteiger partial charge in [0.15, 0.2) is 11.8 Å². The topological polar surface area (TPSA) is 158 Å². The van der Waals surface area contributed by atoms with Gasteiger partial charge in [-0.3, -0.25) is 4.79 Å². The first-order valence-electron chi connectivity index (χ1n) is 6.84.